The first-order valence-corrected chi connectivity index (χ1v) is 22.1. The Bertz CT molecular complexity index is 2160. The first-order chi connectivity index (χ1) is 27.4. The lowest BCUT2D eigenvalue weighted by Gasteiger charge is -2.42. The van der Waals surface area contributed by atoms with E-state index in [0.29, 0.717) is 62.9 Å². The van der Waals surface area contributed by atoms with Gasteiger partial charge in [-0.25, -0.2) is 18.2 Å². The number of benzene rings is 1. The zero-order chi connectivity index (χ0) is 41.7. The lowest BCUT2D eigenvalue weighted by atomic mass is 9.73. The predicted octanol–water partition coefficient (Wildman–Crippen LogP) is 5.17. The Hall–Kier alpha value is -4.66. The number of carbonyl (C=O) groups excluding carboxylic acids is 4. The van der Waals surface area contributed by atoms with Gasteiger partial charge in [0.25, 0.3) is 5.91 Å². The Kier molecular flexibility index (Phi) is 11.1. The molecule has 0 radical (unpaired) electrons. The van der Waals surface area contributed by atoms with Gasteiger partial charge in [-0.2, -0.15) is 0 Å². The van der Waals surface area contributed by atoms with E-state index in [1.54, 1.807) is 20.1 Å². The highest BCUT2D eigenvalue weighted by atomic mass is 32.2. The second-order valence-corrected chi connectivity index (χ2v) is 20.3. The number of allylic oxidation sites excluding steroid dienone is 1. The first kappa shape index (κ1) is 41.5. The maximum Gasteiger partial charge on any atom is 0.407 e. The summed E-state index contributed by atoms with van der Waals surface area (Å²) in [6.45, 7) is 9.58. The van der Waals surface area contributed by atoms with Crippen LogP contribution in [-0.4, -0.2) is 90.3 Å². The van der Waals surface area contributed by atoms with Crippen LogP contribution < -0.4 is 24.8 Å². The fourth-order valence-electron chi connectivity index (χ4n) is 8.41. The summed E-state index contributed by atoms with van der Waals surface area (Å²) in [5.74, 6) is -1.28. The number of amides is 4. The van der Waals surface area contributed by atoms with E-state index in [4.69, 9.17) is 19.2 Å². The largest absolute Gasteiger partial charge is 0.497 e. The molecule has 4 heterocycles. The van der Waals surface area contributed by atoms with E-state index in [0.717, 1.165) is 35.0 Å². The molecular formula is C43H57N5O9S. The Labute approximate surface area is 340 Å². The van der Waals surface area contributed by atoms with Crippen LogP contribution in [0, 0.1) is 11.3 Å². The molecule has 0 bridgehead atoms. The van der Waals surface area contributed by atoms with Crippen molar-refractivity contribution in [3.63, 3.8) is 0 Å². The van der Waals surface area contributed by atoms with Crippen molar-refractivity contribution < 1.29 is 41.8 Å². The van der Waals surface area contributed by atoms with Crippen LogP contribution >= 0.6 is 0 Å². The number of pyridine rings is 1. The predicted molar refractivity (Wildman–Crippen MR) is 218 cm³/mol. The average molecular weight is 820 g/mol. The third kappa shape index (κ3) is 8.02. The summed E-state index contributed by atoms with van der Waals surface area (Å²) in [4.78, 5) is 63.5. The van der Waals surface area contributed by atoms with E-state index in [9.17, 15) is 27.6 Å². The number of rotatable bonds is 7. The molecule has 1 spiro atoms. The molecule has 3 N–H and O–H groups in total. The summed E-state index contributed by atoms with van der Waals surface area (Å²) >= 11 is 0. The van der Waals surface area contributed by atoms with Crippen LogP contribution in [0.4, 0.5) is 4.79 Å². The van der Waals surface area contributed by atoms with Crippen molar-refractivity contribution >= 4 is 44.7 Å². The number of fused-ring (bicyclic) bond motifs is 5. The van der Waals surface area contributed by atoms with Crippen molar-refractivity contribution in [1.82, 2.24) is 25.2 Å². The second-order valence-electron chi connectivity index (χ2n) is 18.1. The molecule has 15 heteroatoms. The molecule has 2 fully saturated rings. The van der Waals surface area contributed by atoms with Crippen LogP contribution in [0.1, 0.15) is 104 Å². The maximum atomic E-state index is 14.9. The second kappa shape index (κ2) is 15.5. The standard InChI is InChI=1S/C43H57N5O9S/c1-7-31-35-29(30-23-28(55-6)15-16-32(30)44-31)18-19-42(57-35)24-34-36(49)46-43(38(51)47-58(53,54)41(5)21-22-41)20-17-27(43)13-11-9-8-10-12-14-33(37(50)48(34)25-42)45-39(52)56-26-40(2,3)4/h11,13,15-17,20,23,27,33-34H,7-10,12,14,18-19,21-22,24-26H2,1-6H3,(H,45,52)(H,46,49)(H,47,51)/b13-11-/t27-,33+,34+,42-,43-/m1/s1. The molecule has 58 heavy (non-hydrogen) atoms. The third-order valence-electron chi connectivity index (χ3n) is 12.4. The number of aromatic nitrogens is 1. The number of ether oxygens (including phenoxy) is 3. The SMILES string of the molecule is CCc1nc2ccc(OC)cc2c2c1O[C@]1(CC2)C[C@H]2C(=O)N[C@]3(C(=O)NS(=O)(=O)C4(C)CC4)C=C[C@H]3/C=C\CCCCC[C@H](NC(=O)OCC(C)(C)C)C(=O)N2C1. The number of alkyl carbamates (subject to hydrolysis) is 1. The number of hydrogen-bond acceptors (Lipinski definition) is 10. The van der Waals surface area contributed by atoms with Crippen molar-refractivity contribution in [2.75, 3.05) is 20.3 Å². The zero-order valence-corrected chi connectivity index (χ0v) is 35.3. The van der Waals surface area contributed by atoms with Gasteiger partial charge in [0.15, 0.2) is 0 Å². The van der Waals surface area contributed by atoms with Crippen LogP contribution in [0.15, 0.2) is 42.5 Å². The molecule has 1 aromatic carbocycles. The smallest absolute Gasteiger partial charge is 0.407 e. The highest BCUT2D eigenvalue weighted by Gasteiger charge is 2.58. The minimum Gasteiger partial charge on any atom is -0.497 e. The van der Waals surface area contributed by atoms with Crippen molar-refractivity contribution in [3.8, 4) is 11.5 Å². The Morgan fingerprint density at radius 2 is 1.88 bits per heavy atom. The maximum absolute atomic E-state index is 14.9. The topological polar surface area (TPSA) is 182 Å². The minimum absolute atomic E-state index is 0.0307. The molecule has 1 saturated carbocycles. The van der Waals surface area contributed by atoms with Gasteiger partial charge in [0.1, 0.15) is 34.7 Å². The van der Waals surface area contributed by atoms with Gasteiger partial charge in [-0.15, -0.1) is 0 Å². The summed E-state index contributed by atoms with van der Waals surface area (Å²) in [5.41, 5.74) is -0.492. The summed E-state index contributed by atoms with van der Waals surface area (Å²) in [7, 11) is -2.43. The fourth-order valence-corrected chi connectivity index (χ4v) is 9.71. The van der Waals surface area contributed by atoms with Crippen molar-refractivity contribution in [2.24, 2.45) is 11.3 Å². The minimum atomic E-state index is -4.04. The molecule has 1 aromatic heterocycles. The highest BCUT2D eigenvalue weighted by Crippen LogP contribution is 2.46. The van der Waals surface area contributed by atoms with E-state index in [-0.39, 0.29) is 25.0 Å². The number of sulfonamides is 1. The first-order valence-electron chi connectivity index (χ1n) is 20.6. The van der Waals surface area contributed by atoms with Gasteiger partial charge in [0.2, 0.25) is 21.8 Å². The van der Waals surface area contributed by atoms with Crippen LogP contribution in [-0.2, 0) is 42.0 Å². The molecular weight excluding hydrogens is 763 g/mol. The molecule has 0 unspecified atom stereocenters. The molecule has 2 aliphatic carbocycles. The summed E-state index contributed by atoms with van der Waals surface area (Å²) in [6.07, 6.45) is 12.0. The van der Waals surface area contributed by atoms with Crippen molar-refractivity contribution in [3.05, 3.63) is 53.8 Å². The van der Waals surface area contributed by atoms with Crippen molar-refractivity contribution in [1.29, 1.82) is 0 Å². The van der Waals surface area contributed by atoms with E-state index < -0.39 is 67.7 Å². The lowest BCUT2D eigenvalue weighted by molar-refractivity contribution is -0.142. The molecule has 4 amide bonds. The van der Waals surface area contributed by atoms with Gasteiger partial charge in [0.05, 0.1) is 36.2 Å². The van der Waals surface area contributed by atoms with Gasteiger partial charge < -0.3 is 29.7 Å². The van der Waals surface area contributed by atoms with Gasteiger partial charge in [-0.3, -0.25) is 19.1 Å². The number of methoxy groups -OCH3 is 1. The summed E-state index contributed by atoms with van der Waals surface area (Å²) < 4.78 is 45.9. The number of carbonyl (C=O) groups is 4. The van der Waals surface area contributed by atoms with Crippen molar-refractivity contribution in [2.45, 2.75) is 133 Å². The number of nitrogens with zero attached hydrogens (tertiary/aromatic N) is 2. The molecule has 5 aliphatic rings. The molecule has 3 aliphatic heterocycles. The van der Waals surface area contributed by atoms with Gasteiger partial charge in [-0.05, 0) is 81.9 Å². The Morgan fingerprint density at radius 3 is 2.55 bits per heavy atom. The monoisotopic (exact) mass is 819 g/mol. The summed E-state index contributed by atoms with van der Waals surface area (Å²) in [6, 6.07) is 3.60. The molecule has 7 rings (SSSR count). The van der Waals surface area contributed by atoms with E-state index >= 15 is 0 Å². The number of aryl methyl sites for hydroxylation is 2. The van der Waals surface area contributed by atoms with E-state index in [2.05, 4.69) is 15.4 Å². The zero-order valence-electron chi connectivity index (χ0n) is 34.4. The highest BCUT2D eigenvalue weighted by molar-refractivity contribution is 7.91. The van der Waals surface area contributed by atoms with Crippen LogP contribution in [0.5, 0.6) is 11.5 Å². The van der Waals surface area contributed by atoms with E-state index in [1.807, 2.05) is 58.0 Å². The van der Waals surface area contributed by atoms with Gasteiger partial charge >= 0.3 is 6.09 Å². The van der Waals surface area contributed by atoms with Crippen LogP contribution in [0.3, 0.4) is 0 Å². The number of hydrogen-bond donors (Lipinski definition) is 3. The molecule has 5 atom stereocenters. The van der Waals surface area contributed by atoms with Crippen LogP contribution in [0.25, 0.3) is 10.9 Å². The molecule has 14 nitrogen and oxygen atoms in total. The molecule has 2 aromatic rings. The normalized spacial score (nSPS) is 28.7. The van der Waals surface area contributed by atoms with Crippen LogP contribution in [0.2, 0.25) is 0 Å². The molecule has 314 valence electrons. The Balaban J connectivity index is 1.26. The molecule has 1 saturated heterocycles. The summed E-state index contributed by atoms with van der Waals surface area (Å²) in [5, 5.41) is 6.65. The Morgan fingerprint density at radius 1 is 1.10 bits per heavy atom. The fraction of sp³-hybridized carbons (Fsp3) is 0.605. The van der Waals surface area contributed by atoms with E-state index in [1.165, 1.54) is 11.0 Å². The number of nitrogens with one attached hydrogen (secondary N) is 3. The lowest BCUT2D eigenvalue weighted by Crippen LogP contribution is -2.67. The van der Waals surface area contributed by atoms with Gasteiger partial charge in [-0.1, -0.05) is 64.8 Å². The average Bonchev–Trinajstić information content (AvgIpc) is 3.84. The van der Waals surface area contributed by atoms with Gasteiger partial charge in [0, 0.05) is 23.3 Å². The third-order valence-corrected chi connectivity index (χ3v) is 14.5. The quantitative estimate of drug-likeness (QED) is 0.315.